The van der Waals surface area contributed by atoms with Gasteiger partial charge in [0.25, 0.3) is 0 Å². The summed E-state index contributed by atoms with van der Waals surface area (Å²) in [4.78, 5) is 15.6. The van der Waals surface area contributed by atoms with Crippen molar-refractivity contribution in [1.29, 1.82) is 0 Å². The van der Waals surface area contributed by atoms with Crippen LogP contribution in [0.15, 0.2) is 41.4 Å². The third-order valence-electron chi connectivity index (χ3n) is 5.98. The standard InChI is InChI=1S/C26H34N4O8S2/c1-16(32)29-22-24(34)23(33)21(14-31)38-25(22)37-13-12-36-11-10-35-9-8-27-26(40)30-20-7-6-19(28-15-39)17-4-2-3-5-18(17)20/h2-7,21-25,31,33-34H,8-14H2,1H3,(H,29,32)(H2,27,30,40)/t21?,22?,23-,24+,25+/m0/s1. The van der Waals surface area contributed by atoms with E-state index in [1.807, 2.05) is 36.4 Å². The molecule has 3 rings (SSSR count). The zero-order valence-electron chi connectivity index (χ0n) is 21.9. The van der Waals surface area contributed by atoms with Crippen molar-refractivity contribution in [3.63, 3.8) is 0 Å². The van der Waals surface area contributed by atoms with Gasteiger partial charge >= 0.3 is 0 Å². The summed E-state index contributed by atoms with van der Waals surface area (Å²) in [6.45, 7) is 2.62. The summed E-state index contributed by atoms with van der Waals surface area (Å²) in [7, 11) is 0. The molecule has 0 aromatic heterocycles. The van der Waals surface area contributed by atoms with Gasteiger partial charge in [-0.25, -0.2) is 0 Å². The largest absolute Gasteiger partial charge is 0.394 e. The van der Waals surface area contributed by atoms with Crippen molar-refractivity contribution < 1.29 is 39.1 Å². The van der Waals surface area contributed by atoms with Crippen LogP contribution in [0.3, 0.4) is 0 Å². The fourth-order valence-electron chi connectivity index (χ4n) is 4.10. The molecule has 0 aliphatic carbocycles. The number of aliphatic hydroxyl groups excluding tert-OH is 3. The highest BCUT2D eigenvalue weighted by atomic mass is 32.1. The van der Waals surface area contributed by atoms with E-state index in [1.54, 1.807) is 0 Å². The number of amides is 1. The van der Waals surface area contributed by atoms with Crippen LogP contribution in [0.1, 0.15) is 6.92 Å². The van der Waals surface area contributed by atoms with E-state index in [0.717, 1.165) is 22.1 Å². The SMILES string of the molecule is CC(=O)NC1[C@H](OCCOCCOCCNC(=S)Nc2ccc(N=C=S)c3ccccc23)OC(CO)[C@H](O)[C@@H]1O. The molecule has 2 aromatic carbocycles. The molecule has 14 heteroatoms. The van der Waals surface area contributed by atoms with Crippen LogP contribution in [0.4, 0.5) is 11.4 Å². The number of isothiocyanates is 1. The van der Waals surface area contributed by atoms with E-state index < -0.39 is 43.2 Å². The molecule has 2 unspecified atom stereocenters. The lowest BCUT2D eigenvalue weighted by molar-refractivity contribution is -0.272. The summed E-state index contributed by atoms with van der Waals surface area (Å²) in [5.41, 5.74) is 1.58. The number of ether oxygens (including phenoxy) is 4. The van der Waals surface area contributed by atoms with Gasteiger partial charge in [-0.3, -0.25) is 4.79 Å². The van der Waals surface area contributed by atoms with E-state index in [0.29, 0.717) is 31.5 Å². The predicted molar refractivity (Wildman–Crippen MR) is 156 cm³/mol. The van der Waals surface area contributed by atoms with Crippen molar-refractivity contribution in [1.82, 2.24) is 10.6 Å². The van der Waals surface area contributed by atoms with Crippen LogP contribution < -0.4 is 16.0 Å². The Kier molecular flexibility index (Phi) is 13.2. The molecule has 1 aliphatic heterocycles. The van der Waals surface area contributed by atoms with E-state index in [4.69, 9.17) is 43.4 Å². The minimum atomic E-state index is -1.36. The third-order valence-corrected chi connectivity index (χ3v) is 6.32. The Morgan fingerprint density at radius 3 is 2.45 bits per heavy atom. The zero-order chi connectivity index (χ0) is 28.9. The maximum Gasteiger partial charge on any atom is 0.217 e. The van der Waals surface area contributed by atoms with Gasteiger partial charge in [-0.1, -0.05) is 24.3 Å². The molecule has 1 heterocycles. The van der Waals surface area contributed by atoms with Crippen LogP contribution in [0.25, 0.3) is 10.8 Å². The normalized spacial score (nSPS) is 22.4. The van der Waals surface area contributed by atoms with Crippen LogP contribution in [0.5, 0.6) is 0 Å². The number of aliphatic imine (C=N–C) groups is 1. The molecule has 0 saturated carbocycles. The van der Waals surface area contributed by atoms with E-state index in [1.165, 1.54) is 6.92 Å². The lowest BCUT2D eigenvalue weighted by Crippen LogP contribution is -2.64. The van der Waals surface area contributed by atoms with Crippen molar-refractivity contribution in [2.45, 2.75) is 37.6 Å². The number of rotatable bonds is 14. The van der Waals surface area contributed by atoms with Gasteiger partial charge in [-0.05, 0) is 36.6 Å². The molecule has 0 spiro atoms. The van der Waals surface area contributed by atoms with Crippen LogP contribution in [0, 0.1) is 0 Å². The fraction of sp³-hybridized carbons (Fsp3) is 0.500. The molecule has 0 bridgehead atoms. The highest BCUT2D eigenvalue weighted by molar-refractivity contribution is 7.80. The topological polar surface area (TPSA) is 163 Å². The minimum absolute atomic E-state index is 0.0940. The van der Waals surface area contributed by atoms with Gasteiger partial charge < -0.3 is 50.2 Å². The number of nitrogens with zero attached hydrogens (tertiary/aromatic N) is 1. The first kappa shape index (κ1) is 31.9. The number of fused-ring (bicyclic) bond motifs is 1. The Morgan fingerprint density at radius 2 is 1.75 bits per heavy atom. The lowest BCUT2D eigenvalue weighted by Gasteiger charge is -2.42. The van der Waals surface area contributed by atoms with Crippen LogP contribution >= 0.6 is 24.4 Å². The molecule has 1 amide bonds. The first-order valence-electron chi connectivity index (χ1n) is 12.7. The minimum Gasteiger partial charge on any atom is -0.394 e. The molecule has 1 saturated heterocycles. The second-order valence-corrected chi connectivity index (χ2v) is 9.38. The van der Waals surface area contributed by atoms with Crippen molar-refractivity contribution in [3.8, 4) is 0 Å². The Bertz CT molecular complexity index is 1180. The molecule has 218 valence electrons. The Balaban J connectivity index is 1.29. The van der Waals surface area contributed by atoms with Crippen LogP contribution in [0.2, 0.25) is 0 Å². The number of thiocarbonyl (C=S) groups is 2. The average Bonchev–Trinajstić information content (AvgIpc) is 2.94. The summed E-state index contributed by atoms with van der Waals surface area (Å²) in [6.07, 6.45) is -4.82. The Labute approximate surface area is 242 Å². The number of hydrogen-bond donors (Lipinski definition) is 6. The van der Waals surface area contributed by atoms with Gasteiger partial charge in [0.05, 0.1) is 50.5 Å². The van der Waals surface area contributed by atoms with Gasteiger partial charge in [0.15, 0.2) is 11.4 Å². The summed E-state index contributed by atoms with van der Waals surface area (Å²) in [5.74, 6) is -0.421. The molecule has 2 aromatic rings. The number of anilines is 1. The number of aliphatic hydroxyl groups is 3. The van der Waals surface area contributed by atoms with Gasteiger partial charge in [0.2, 0.25) is 5.91 Å². The number of nitrogens with one attached hydrogen (secondary N) is 3. The molecular weight excluding hydrogens is 560 g/mol. The number of carbonyl (C=O) groups is 1. The van der Waals surface area contributed by atoms with E-state index in [-0.39, 0.29) is 13.2 Å². The van der Waals surface area contributed by atoms with E-state index in [9.17, 15) is 20.1 Å². The molecule has 1 fully saturated rings. The number of hydrogen-bond acceptors (Lipinski definition) is 11. The monoisotopic (exact) mass is 594 g/mol. The molecule has 40 heavy (non-hydrogen) atoms. The summed E-state index contributed by atoms with van der Waals surface area (Å²) in [6, 6.07) is 10.5. The predicted octanol–water partition coefficient (Wildman–Crippen LogP) is 0.854. The third kappa shape index (κ3) is 9.21. The quantitative estimate of drug-likeness (QED) is 0.104. The zero-order valence-corrected chi connectivity index (χ0v) is 23.6. The second kappa shape index (κ2) is 16.6. The van der Waals surface area contributed by atoms with E-state index in [2.05, 4.69) is 26.1 Å². The average molecular weight is 595 g/mol. The molecule has 12 nitrogen and oxygen atoms in total. The van der Waals surface area contributed by atoms with Gasteiger partial charge in [-0.15, -0.1) is 0 Å². The number of carbonyl (C=O) groups excluding carboxylic acids is 1. The fourth-order valence-corrected chi connectivity index (χ4v) is 4.41. The molecule has 0 radical (unpaired) electrons. The van der Waals surface area contributed by atoms with Gasteiger partial charge in [0, 0.05) is 29.9 Å². The molecular formula is C26H34N4O8S2. The number of benzene rings is 2. The summed E-state index contributed by atoms with van der Waals surface area (Å²) < 4.78 is 22.1. The first-order chi connectivity index (χ1) is 19.3. The Hall–Kier alpha value is -2.62. The van der Waals surface area contributed by atoms with E-state index >= 15 is 0 Å². The van der Waals surface area contributed by atoms with Crippen molar-refractivity contribution in [3.05, 3.63) is 36.4 Å². The summed E-state index contributed by atoms with van der Waals surface area (Å²) >= 11 is 10.1. The summed E-state index contributed by atoms with van der Waals surface area (Å²) in [5, 5.41) is 43.2. The Morgan fingerprint density at radius 1 is 1.05 bits per heavy atom. The molecule has 1 aliphatic rings. The van der Waals surface area contributed by atoms with Gasteiger partial charge in [0.1, 0.15) is 24.4 Å². The smallest absolute Gasteiger partial charge is 0.217 e. The highest BCUT2D eigenvalue weighted by Gasteiger charge is 2.45. The van der Waals surface area contributed by atoms with Crippen LogP contribution in [-0.2, 0) is 23.7 Å². The van der Waals surface area contributed by atoms with Crippen molar-refractivity contribution >= 4 is 62.8 Å². The van der Waals surface area contributed by atoms with Crippen LogP contribution in [-0.4, -0.2) is 108 Å². The maximum atomic E-state index is 11.5. The second-order valence-electron chi connectivity index (χ2n) is 8.79. The van der Waals surface area contributed by atoms with Crippen molar-refractivity contribution in [2.24, 2.45) is 4.99 Å². The van der Waals surface area contributed by atoms with Gasteiger partial charge in [-0.2, -0.15) is 4.99 Å². The lowest BCUT2D eigenvalue weighted by atomic mass is 9.97. The van der Waals surface area contributed by atoms with Crippen molar-refractivity contribution in [2.75, 3.05) is 51.5 Å². The molecule has 5 atom stereocenters. The molecule has 6 N–H and O–H groups in total. The maximum absolute atomic E-state index is 11.5. The first-order valence-corrected chi connectivity index (χ1v) is 13.5. The highest BCUT2D eigenvalue weighted by Crippen LogP contribution is 2.31.